The van der Waals surface area contributed by atoms with Gasteiger partial charge in [0.15, 0.2) is 11.6 Å². The number of aromatic amines is 1. The molecule has 3 aromatic rings. The number of anilines is 2. The van der Waals surface area contributed by atoms with Crippen molar-refractivity contribution >= 4 is 23.3 Å². The van der Waals surface area contributed by atoms with E-state index in [1.807, 2.05) is 13.0 Å². The van der Waals surface area contributed by atoms with E-state index in [0.29, 0.717) is 17.1 Å². The first-order chi connectivity index (χ1) is 12.7. The lowest BCUT2D eigenvalue weighted by Gasteiger charge is -2.14. The standard InChI is InChI=1S/C20H22N4O3/c1-12-7-8-13(10-14(12)21-19(26)15-6-5-9-27-15)18(25)22-17-11-16(23-24-17)20(2,3)4/h5-11H,1-4H3,(H,21,26)(H2,22,23,24,25). The van der Waals surface area contributed by atoms with Crippen molar-refractivity contribution in [3.8, 4) is 0 Å². The van der Waals surface area contributed by atoms with Gasteiger partial charge in [-0.05, 0) is 36.8 Å². The van der Waals surface area contributed by atoms with E-state index in [4.69, 9.17) is 4.42 Å². The zero-order chi connectivity index (χ0) is 19.6. The first-order valence-electron chi connectivity index (χ1n) is 8.57. The van der Waals surface area contributed by atoms with Gasteiger partial charge in [-0.1, -0.05) is 26.8 Å². The number of hydrogen-bond donors (Lipinski definition) is 3. The maximum absolute atomic E-state index is 12.6. The normalized spacial score (nSPS) is 11.3. The Labute approximate surface area is 157 Å². The molecule has 3 rings (SSSR count). The molecule has 0 aliphatic carbocycles. The summed E-state index contributed by atoms with van der Waals surface area (Å²) in [4.78, 5) is 24.7. The van der Waals surface area contributed by atoms with Crippen LogP contribution in [0.2, 0.25) is 0 Å². The molecule has 0 saturated carbocycles. The second-order valence-electron chi connectivity index (χ2n) is 7.33. The molecule has 2 heterocycles. The van der Waals surface area contributed by atoms with Gasteiger partial charge < -0.3 is 15.1 Å². The molecule has 0 unspecified atom stereocenters. The first-order valence-corrected chi connectivity index (χ1v) is 8.57. The molecular weight excluding hydrogens is 344 g/mol. The van der Waals surface area contributed by atoms with E-state index in [1.54, 1.807) is 30.3 Å². The number of benzene rings is 1. The van der Waals surface area contributed by atoms with Crippen LogP contribution in [-0.2, 0) is 5.41 Å². The van der Waals surface area contributed by atoms with Gasteiger partial charge in [0.2, 0.25) is 0 Å². The highest BCUT2D eigenvalue weighted by Gasteiger charge is 2.18. The predicted octanol–water partition coefficient (Wildman–Crippen LogP) is 4.11. The fourth-order valence-electron chi connectivity index (χ4n) is 2.45. The summed E-state index contributed by atoms with van der Waals surface area (Å²) in [5, 5.41) is 12.6. The van der Waals surface area contributed by atoms with Crippen LogP contribution >= 0.6 is 0 Å². The summed E-state index contributed by atoms with van der Waals surface area (Å²) in [5.74, 6) is -0.0274. The molecule has 0 spiro atoms. The number of aromatic nitrogens is 2. The number of amides is 2. The zero-order valence-corrected chi connectivity index (χ0v) is 15.7. The quantitative estimate of drug-likeness (QED) is 0.647. The third-order valence-corrected chi connectivity index (χ3v) is 4.12. The van der Waals surface area contributed by atoms with Gasteiger partial charge in [0.25, 0.3) is 11.8 Å². The van der Waals surface area contributed by atoms with Crippen LogP contribution in [-0.4, -0.2) is 22.0 Å². The van der Waals surface area contributed by atoms with Gasteiger partial charge in [-0.15, -0.1) is 0 Å². The summed E-state index contributed by atoms with van der Waals surface area (Å²) in [6.07, 6.45) is 1.43. The van der Waals surface area contributed by atoms with Crippen LogP contribution in [0.25, 0.3) is 0 Å². The lowest BCUT2D eigenvalue weighted by molar-refractivity contribution is 0.0993. The lowest BCUT2D eigenvalue weighted by Crippen LogP contribution is -2.15. The van der Waals surface area contributed by atoms with Gasteiger partial charge in [-0.25, -0.2) is 0 Å². The third kappa shape index (κ3) is 4.25. The minimum Gasteiger partial charge on any atom is -0.459 e. The minimum atomic E-state index is -0.372. The molecule has 0 saturated heterocycles. The zero-order valence-electron chi connectivity index (χ0n) is 15.7. The van der Waals surface area contributed by atoms with Crippen LogP contribution in [0.1, 0.15) is 52.9 Å². The molecule has 2 amide bonds. The van der Waals surface area contributed by atoms with Gasteiger partial charge >= 0.3 is 0 Å². The molecule has 7 heteroatoms. The van der Waals surface area contributed by atoms with Gasteiger partial charge in [0.05, 0.1) is 6.26 Å². The Balaban J connectivity index is 1.75. The highest BCUT2D eigenvalue weighted by Crippen LogP contribution is 2.23. The van der Waals surface area contributed by atoms with E-state index in [-0.39, 0.29) is 23.0 Å². The summed E-state index contributed by atoms with van der Waals surface area (Å²) in [7, 11) is 0. The topological polar surface area (TPSA) is 100 Å². The van der Waals surface area contributed by atoms with Crippen molar-refractivity contribution in [2.75, 3.05) is 10.6 Å². The molecule has 140 valence electrons. The minimum absolute atomic E-state index is 0.0941. The fourth-order valence-corrected chi connectivity index (χ4v) is 2.45. The van der Waals surface area contributed by atoms with E-state index in [1.165, 1.54) is 6.26 Å². The number of nitrogens with one attached hydrogen (secondary N) is 3. The number of nitrogens with zero attached hydrogens (tertiary/aromatic N) is 1. The van der Waals surface area contributed by atoms with E-state index < -0.39 is 0 Å². The Morgan fingerprint density at radius 1 is 1.07 bits per heavy atom. The summed E-state index contributed by atoms with van der Waals surface area (Å²) >= 11 is 0. The Morgan fingerprint density at radius 3 is 2.48 bits per heavy atom. The number of carbonyl (C=O) groups is 2. The van der Waals surface area contributed by atoms with Crippen molar-refractivity contribution in [1.29, 1.82) is 0 Å². The average molecular weight is 366 g/mol. The van der Waals surface area contributed by atoms with Crippen LogP contribution < -0.4 is 10.6 Å². The van der Waals surface area contributed by atoms with E-state index in [9.17, 15) is 9.59 Å². The van der Waals surface area contributed by atoms with Gasteiger partial charge in [-0.3, -0.25) is 14.7 Å². The van der Waals surface area contributed by atoms with Crippen LogP contribution in [0.5, 0.6) is 0 Å². The molecule has 0 aliphatic heterocycles. The Bertz CT molecular complexity index is 966. The summed E-state index contributed by atoms with van der Waals surface area (Å²) in [5.41, 5.74) is 2.62. The van der Waals surface area contributed by atoms with Crippen molar-refractivity contribution in [3.63, 3.8) is 0 Å². The van der Waals surface area contributed by atoms with Crippen LogP contribution in [0.4, 0.5) is 11.5 Å². The van der Waals surface area contributed by atoms with Gasteiger partial charge in [-0.2, -0.15) is 5.10 Å². The van der Waals surface area contributed by atoms with Crippen molar-refractivity contribution in [3.05, 3.63) is 65.2 Å². The highest BCUT2D eigenvalue weighted by molar-refractivity contribution is 6.06. The summed E-state index contributed by atoms with van der Waals surface area (Å²) in [6.45, 7) is 8.02. The van der Waals surface area contributed by atoms with E-state index in [2.05, 4.69) is 41.6 Å². The molecule has 0 radical (unpaired) electrons. The van der Waals surface area contributed by atoms with E-state index >= 15 is 0 Å². The maximum Gasteiger partial charge on any atom is 0.291 e. The van der Waals surface area contributed by atoms with Gasteiger partial charge in [0, 0.05) is 28.4 Å². The molecule has 0 atom stereocenters. The first kappa shape index (κ1) is 18.4. The number of hydrogen-bond acceptors (Lipinski definition) is 4. The number of carbonyl (C=O) groups excluding carboxylic acids is 2. The Hall–Kier alpha value is -3.35. The SMILES string of the molecule is Cc1ccc(C(=O)Nc2cc(C(C)(C)C)[nH]n2)cc1NC(=O)c1ccco1. The molecular formula is C20H22N4O3. The van der Waals surface area contributed by atoms with E-state index in [0.717, 1.165) is 11.3 Å². The monoisotopic (exact) mass is 366 g/mol. The average Bonchev–Trinajstić information content (AvgIpc) is 3.27. The van der Waals surface area contributed by atoms with Crippen molar-refractivity contribution in [2.24, 2.45) is 0 Å². The van der Waals surface area contributed by atoms with Crippen LogP contribution in [0.3, 0.4) is 0 Å². The molecule has 1 aromatic carbocycles. The van der Waals surface area contributed by atoms with Crippen molar-refractivity contribution < 1.29 is 14.0 Å². The predicted molar refractivity (Wildman–Crippen MR) is 103 cm³/mol. The van der Waals surface area contributed by atoms with Crippen molar-refractivity contribution in [2.45, 2.75) is 33.1 Å². The van der Waals surface area contributed by atoms with Crippen LogP contribution in [0.15, 0.2) is 47.1 Å². The van der Waals surface area contributed by atoms with Crippen molar-refractivity contribution in [1.82, 2.24) is 10.2 Å². The number of furan rings is 1. The molecule has 27 heavy (non-hydrogen) atoms. The maximum atomic E-state index is 12.6. The number of H-pyrrole nitrogens is 1. The number of aryl methyl sites for hydroxylation is 1. The Morgan fingerprint density at radius 2 is 1.85 bits per heavy atom. The third-order valence-electron chi connectivity index (χ3n) is 4.12. The highest BCUT2D eigenvalue weighted by atomic mass is 16.3. The molecule has 0 bridgehead atoms. The summed E-state index contributed by atoms with van der Waals surface area (Å²) < 4.78 is 5.09. The lowest BCUT2D eigenvalue weighted by atomic mass is 9.92. The molecule has 0 fully saturated rings. The molecule has 7 nitrogen and oxygen atoms in total. The van der Waals surface area contributed by atoms with Gasteiger partial charge in [0.1, 0.15) is 0 Å². The second kappa shape index (κ2) is 7.11. The van der Waals surface area contributed by atoms with Crippen LogP contribution in [0, 0.1) is 6.92 Å². The fraction of sp³-hybridized carbons (Fsp3) is 0.250. The molecule has 2 aromatic heterocycles. The number of rotatable bonds is 4. The molecule has 3 N–H and O–H groups in total. The summed E-state index contributed by atoms with van der Waals surface area (Å²) in [6, 6.07) is 10.1. The second-order valence-corrected chi connectivity index (χ2v) is 7.33. The smallest absolute Gasteiger partial charge is 0.291 e. The molecule has 0 aliphatic rings. The Kier molecular flexibility index (Phi) is 4.85. The largest absolute Gasteiger partial charge is 0.459 e.